The van der Waals surface area contributed by atoms with Crippen LogP contribution in [0.2, 0.25) is 5.02 Å². The van der Waals surface area contributed by atoms with Gasteiger partial charge in [0.25, 0.3) is 0 Å². The molecule has 0 radical (unpaired) electrons. The van der Waals surface area contributed by atoms with Crippen molar-refractivity contribution >= 4 is 47.2 Å². The Balaban J connectivity index is 0.00000208. The van der Waals surface area contributed by atoms with Gasteiger partial charge in [-0.25, -0.2) is 0 Å². The lowest BCUT2D eigenvalue weighted by Crippen LogP contribution is -2.34. The standard InChI is InChI=1S/C18H18Cl2N2O.ClH/c1-18(2)11-22(17(23)9-19)16-8-14(21-10-15(16)18)7-12-3-5-13(20)6-4-12;/h3-6,8,10H,7,9,11H2,1-2H3;1H. The van der Waals surface area contributed by atoms with Gasteiger partial charge in [0.15, 0.2) is 0 Å². The fraction of sp³-hybridized carbons (Fsp3) is 0.333. The van der Waals surface area contributed by atoms with E-state index in [2.05, 4.69) is 18.8 Å². The molecule has 0 unspecified atom stereocenters. The maximum atomic E-state index is 12.1. The normalized spacial score (nSPS) is 14.9. The van der Waals surface area contributed by atoms with Crippen LogP contribution in [-0.2, 0) is 16.6 Å². The number of nitrogens with zero attached hydrogens (tertiary/aromatic N) is 2. The highest BCUT2D eigenvalue weighted by molar-refractivity contribution is 6.30. The van der Waals surface area contributed by atoms with E-state index in [-0.39, 0.29) is 29.6 Å². The Hall–Kier alpha value is -1.29. The average Bonchev–Trinajstić information content (AvgIpc) is 2.80. The molecule has 2 aromatic rings. The number of hydrogen-bond acceptors (Lipinski definition) is 2. The molecule has 0 aliphatic carbocycles. The summed E-state index contributed by atoms with van der Waals surface area (Å²) in [7, 11) is 0. The number of fused-ring (bicyclic) bond motifs is 1. The lowest BCUT2D eigenvalue weighted by atomic mass is 9.88. The van der Waals surface area contributed by atoms with Gasteiger partial charge in [-0.2, -0.15) is 0 Å². The summed E-state index contributed by atoms with van der Waals surface area (Å²) in [5.74, 6) is -0.0770. The van der Waals surface area contributed by atoms with E-state index in [1.165, 1.54) is 0 Å². The second kappa shape index (κ2) is 7.30. The average molecular weight is 386 g/mol. The highest BCUT2D eigenvalue weighted by Gasteiger charge is 2.38. The SMILES string of the molecule is CC1(C)CN(C(=O)CCl)c2cc(Cc3ccc(Cl)cc3)ncc21.Cl. The van der Waals surface area contributed by atoms with Gasteiger partial charge in [0, 0.05) is 40.9 Å². The summed E-state index contributed by atoms with van der Waals surface area (Å²) in [6.45, 7) is 4.88. The molecule has 0 N–H and O–H groups in total. The zero-order valence-corrected chi connectivity index (χ0v) is 15.9. The molecule has 128 valence electrons. The maximum absolute atomic E-state index is 12.1. The number of anilines is 1. The second-order valence-electron chi connectivity index (χ2n) is 6.49. The first kappa shape index (κ1) is 19.0. The first-order valence-corrected chi connectivity index (χ1v) is 8.42. The zero-order chi connectivity index (χ0) is 16.6. The summed E-state index contributed by atoms with van der Waals surface area (Å²) in [5.41, 5.74) is 3.98. The monoisotopic (exact) mass is 384 g/mol. The van der Waals surface area contributed by atoms with Gasteiger partial charge in [-0.3, -0.25) is 9.78 Å². The van der Waals surface area contributed by atoms with Crippen molar-refractivity contribution in [1.29, 1.82) is 0 Å². The van der Waals surface area contributed by atoms with E-state index >= 15 is 0 Å². The number of hydrogen-bond donors (Lipinski definition) is 0. The van der Waals surface area contributed by atoms with Crippen LogP contribution in [0.1, 0.15) is 30.7 Å². The molecule has 0 spiro atoms. The highest BCUT2D eigenvalue weighted by atomic mass is 35.5. The number of carbonyl (C=O) groups excluding carboxylic acids is 1. The smallest absolute Gasteiger partial charge is 0.241 e. The number of alkyl halides is 1. The van der Waals surface area contributed by atoms with Gasteiger partial charge >= 0.3 is 0 Å². The molecule has 6 heteroatoms. The number of amides is 1. The van der Waals surface area contributed by atoms with Crippen molar-refractivity contribution in [2.75, 3.05) is 17.3 Å². The van der Waals surface area contributed by atoms with Gasteiger partial charge in [0.05, 0.1) is 5.69 Å². The lowest BCUT2D eigenvalue weighted by Gasteiger charge is -2.19. The molecule has 0 saturated carbocycles. The van der Waals surface area contributed by atoms with Gasteiger partial charge in [0.2, 0.25) is 5.91 Å². The third-order valence-electron chi connectivity index (χ3n) is 4.23. The van der Waals surface area contributed by atoms with Gasteiger partial charge in [-0.1, -0.05) is 37.6 Å². The summed E-state index contributed by atoms with van der Waals surface area (Å²) < 4.78 is 0. The Morgan fingerprint density at radius 1 is 1.29 bits per heavy atom. The van der Waals surface area contributed by atoms with Crippen LogP contribution in [-0.4, -0.2) is 23.3 Å². The molecule has 1 aliphatic heterocycles. The second-order valence-corrected chi connectivity index (χ2v) is 7.20. The van der Waals surface area contributed by atoms with Crippen LogP contribution in [0, 0.1) is 0 Å². The van der Waals surface area contributed by atoms with Crippen molar-refractivity contribution < 1.29 is 4.79 Å². The minimum absolute atomic E-state index is 0. The van der Waals surface area contributed by atoms with E-state index in [1.54, 1.807) is 4.90 Å². The number of pyridine rings is 1. The van der Waals surface area contributed by atoms with Crippen LogP contribution >= 0.6 is 35.6 Å². The van der Waals surface area contributed by atoms with Crippen LogP contribution < -0.4 is 4.90 Å². The summed E-state index contributed by atoms with van der Waals surface area (Å²) in [6, 6.07) is 9.72. The quantitative estimate of drug-likeness (QED) is 0.723. The molecule has 3 nitrogen and oxygen atoms in total. The van der Waals surface area contributed by atoms with Crippen LogP contribution in [0.15, 0.2) is 36.5 Å². The Bertz CT molecular complexity index is 744. The van der Waals surface area contributed by atoms with Gasteiger partial charge in [-0.15, -0.1) is 24.0 Å². The fourth-order valence-corrected chi connectivity index (χ4v) is 3.27. The molecule has 1 amide bonds. The topological polar surface area (TPSA) is 33.2 Å². The van der Waals surface area contributed by atoms with Crippen molar-refractivity contribution in [3.8, 4) is 0 Å². The van der Waals surface area contributed by atoms with E-state index in [4.69, 9.17) is 23.2 Å². The van der Waals surface area contributed by atoms with Gasteiger partial charge in [-0.05, 0) is 23.8 Å². The largest absolute Gasteiger partial charge is 0.310 e. The predicted molar refractivity (Wildman–Crippen MR) is 102 cm³/mol. The van der Waals surface area contributed by atoms with E-state index in [0.717, 1.165) is 27.5 Å². The predicted octanol–water partition coefficient (Wildman–Crippen LogP) is 4.61. The molecule has 3 rings (SSSR count). The van der Waals surface area contributed by atoms with E-state index in [0.29, 0.717) is 13.0 Å². The molecule has 2 heterocycles. The number of halogens is 3. The van der Waals surface area contributed by atoms with Crippen molar-refractivity contribution in [1.82, 2.24) is 4.98 Å². The Morgan fingerprint density at radius 2 is 1.96 bits per heavy atom. The van der Waals surface area contributed by atoms with Crippen LogP contribution in [0.25, 0.3) is 0 Å². The van der Waals surface area contributed by atoms with Crippen LogP contribution in [0.5, 0.6) is 0 Å². The third kappa shape index (κ3) is 3.69. The number of rotatable bonds is 3. The molecule has 0 atom stereocenters. The van der Waals surface area contributed by atoms with Crippen molar-refractivity contribution in [3.63, 3.8) is 0 Å². The first-order valence-electron chi connectivity index (χ1n) is 7.51. The van der Waals surface area contributed by atoms with Crippen molar-refractivity contribution in [3.05, 3.63) is 58.4 Å². The first-order chi connectivity index (χ1) is 10.9. The molecular weight excluding hydrogens is 367 g/mol. The van der Waals surface area contributed by atoms with E-state index in [9.17, 15) is 4.79 Å². The highest BCUT2D eigenvalue weighted by Crippen LogP contribution is 2.40. The maximum Gasteiger partial charge on any atom is 0.241 e. The molecular formula is C18H19Cl3N2O. The van der Waals surface area contributed by atoms with Crippen LogP contribution in [0.4, 0.5) is 5.69 Å². The van der Waals surface area contributed by atoms with E-state index < -0.39 is 0 Å². The summed E-state index contributed by atoms with van der Waals surface area (Å²) in [4.78, 5) is 18.5. The molecule has 1 aliphatic rings. The molecule has 24 heavy (non-hydrogen) atoms. The van der Waals surface area contributed by atoms with Gasteiger partial charge in [0.1, 0.15) is 5.88 Å². The molecule has 1 aromatic heterocycles. The fourth-order valence-electron chi connectivity index (χ4n) is 3.00. The Labute approximate surface area is 158 Å². The number of carbonyl (C=O) groups is 1. The minimum Gasteiger partial charge on any atom is -0.310 e. The Morgan fingerprint density at radius 3 is 2.58 bits per heavy atom. The summed E-state index contributed by atoms with van der Waals surface area (Å²) in [6.07, 6.45) is 2.59. The summed E-state index contributed by atoms with van der Waals surface area (Å²) in [5, 5.41) is 0.719. The number of aromatic nitrogens is 1. The minimum atomic E-state index is -0.108. The molecule has 0 fully saturated rings. The molecule has 0 bridgehead atoms. The summed E-state index contributed by atoms with van der Waals surface area (Å²) >= 11 is 11.7. The third-order valence-corrected chi connectivity index (χ3v) is 4.71. The lowest BCUT2D eigenvalue weighted by molar-refractivity contribution is -0.116. The van der Waals surface area contributed by atoms with E-state index in [1.807, 2.05) is 36.5 Å². The van der Waals surface area contributed by atoms with Gasteiger partial charge < -0.3 is 4.90 Å². The molecule has 1 aromatic carbocycles. The number of benzene rings is 1. The zero-order valence-electron chi connectivity index (χ0n) is 13.6. The van der Waals surface area contributed by atoms with Crippen LogP contribution in [0.3, 0.4) is 0 Å². The van der Waals surface area contributed by atoms with Crippen molar-refractivity contribution in [2.24, 2.45) is 0 Å². The van der Waals surface area contributed by atoms with Crippen molar-refractivity contribution in [2.45, 2.75) is 25.7 Å². The molecule has 0 saturated heterocycles. The Kier molecular flexibility index (Phi) is 5.79.